The van der Waals surface area contributed by atoms with E-state index in [1.165, 1.54) is 65.1 Å². The summed E-state index contributed by atoms with van der Waals surface area (Å²) < 4.78 is 30.8. The van der Waals surface area contributed by atoms with Crippen molar-refractivity contribution in [1.82, 2.24) is 40.3 Å². The van der Waals surface area contributed by atoms with Gasteiger partial charge in [0, 0.05) is 62.6 Å². The van der Waals surface area contributed by atoms with Crippen molar-refractivity contribution in [2.45, 2.75) is 128 Å². The molecular formula is C64H78N12O17. The van der Waals surface area contributed by atoms with Crippen molar-refractivity contribution in [2.24, 2.45) is 11.7 Å². The van der Waals surface area contributed by atoms with Gasteiger partial charge in [-0.25, -0.2) is 28.9 Å². The molecule has 6 atom stereocenters. The Hall–Kier alpha value is -10.0. The molecule has 5 aliphatic heterocycles. The zero-order chi connectivity index (χ0) is 66.8. The number of nitrogens with two attached hydrogens (primary N) is 1. The average Bonchev–Trinajstić information content (AvgIpc) is 1.64. The van der Waals surface area contributed by atoms with Crippen LogP contribution < -0.4 is 50.4 Å². The van der Waals surface area contributed by atoms with Crippen LogP contribution in [0.15, 0.2) is 91.2 Å². The Kier molecular flexibility index (Phi) is 21.7. The number of amides is 10. The van der Waals surface area contributed by atoms with Crippen LogP contribution in [0.4, 0.5) is 31.4 Å². The third-order valence-corrected chi connectivity index (χ3v) is 16.7. The highest BCUT2D eigenvalue weighted by atomic mass is 16.6. The number of anilines is 3. The topological polar surface area (TPSA) is 369 Å². The summed E-state index contributed by atoms with van der Waals surface area (Å²) in [5.41, 5.74) is 7.97. The number of nitrogens with one attached hydrogen (secondary N) is 3. The predicted octanol–water partition coefficient (Wildman–Crippen LogP) is 5.68. The van der Waals surface area contributed by atoms with E-state index in [-0.39, 0.29) is 141 Å². The highest BCUT2D eigenvalue weighted by Gasteiger charge is 2.48. The molecule has 10 amide bonds. The van der Waals surface area contributed by atoms with Gasteiger partial charge in [0.25, 0.3) is 23.6 Å². The number of hydrogen-bond acceptors (Lipinski definition) is 18. The van der Waals surface area contributed by atoms with Crippen molar-refractivity contribution < 1.29 is 82.2 Å². The van der Waals surface area contributed by atoms with Crippen LogP contribution in [0.1, 0.15) is 129 Å². The fourth-order valence-corrected chi connectivity index (χ4v) is 11.9. The molecule has 5 aliphatic rings. The molecule has 0 saturated carbocycles. The minimum atomic E-state index is -1.58. The highest BCUT2D eigenvalue weighted by Crippen LogP contribution is 2.44. The number of methoxy groups -OCH3 is 2. The zero-order valence-electron chi connectivity index (χ0n) is 52.2. The van der Waals surface area contributed by atoms with Gasteiger partial charge in [-0.15, -0.1) is 5.10 Å². The lowest BCUT2D eigenvalue weighted by molar-refractivity contribution is -0.137. The maximum absolute atomic E-state index is 14.4. The molecule has 1 aromatic heterocycles. The van der Waals surface area contributed by atoms with E-state index in [1.54, 1.807) is 30.5 Å². The number of nitrogens with zero attached hydrogens (tertiary/aromatic N) is 8. The molecule has 93 heavy (non-hydrogen) atoms. The van der Waals surface area contributed by atoms with Gasteiger partial charge in [-0.05, 0) is 93.5 Å². The number of unbranched alkanes of at least 4 members (excludes halogenated alkanes) is 4. The van der Waals surface area contributed by atoms with Crippen LogP contribution in [0.25, 0.3) is 0 Å². The number of fused-ring (bicyclic) bond motifs is 4. The molecular weight excluding hydrogens is 1210 g/mol. The van der Waals surface area contributed by atoms with Crippen molar-refractivity contribution in [3.05, 3.63) is 114 Å². The first kappa shape index (κ1) is 67.4. The third kappa shape index (κ3) is 15.5. The molecule has 0 radical (unpaired) electrons. The summed E-state index contributed by atoms with van der Waals surface area (Å²) in [6, 6.07) is 8.22. The molecule has 8 N–H and O–H groups in total. The SMILES string of the molecule is C=C1C[C@H]2[C@H](O)N(C(=O)O)c3cc(OCCCCCOc4cc5c(cc4OC)C(=O)N4CC(=C)C[C@H]4[C@H](O)N5C(=O)OCc4ccc(NC(=O)C(CCCNC(N)=O)n5cc(C(NC(=O)CCCCCN6C(=O)C=CC6=O)C(C)C)nn5)cc4)c(OC)cc3C(=O)N2C1. The van der Waals surface area contributed by atoms with E-state index in [1.807, 2.05) is 13.8 Å². The van der Waals surface area contributed by atoms with Crippen molar-refractivity contribution in [3.63, 3.8) is 0 Å². The Bertz CT molecular complexity index is 3550. The number of aliphatic hydroxyl groups excluding tert-OH is 2. The first-order valence-electron chi connectivity index (χ1n) is 30.7. The minimum Gasteiger partial charge on any atom is -0.493 e. The molecule has 2 fully saturated rings. The summed E-state index contributed by atoms with van der Waals surface area (Å²) in [6.45, 7) is 12.5. The quantitative estimate of drug-likeness (QED) is 0.0204. The Morgan fingerprint density at radius 1 is 0.731 bits per heavy atom. The second-order valence-electron chi connectivity index (χ2n) is 23.6. The number of ether oxygens (including phenoxy) is 5. The molecule has 29 heteroatoms. The summed E-state index contributed by atoms with van der Waals surface area (Å²) in [4.78, 5) is 123. The molecule has 0 spiro atoms. The molecule has 4 aromatic rings. The predicted molar refractivity (Wildman–Crippen MR) is 334 cm³/mol. The lowest BCUT2D eigenvalue weighted by Gasteiger charge is -2.31. The number of carboxylic acid groups (broad SMARTS) is 1. The molecule has 496 valence electrons. The lowest BCUT2D eigenvalue weighted by atomic mass is 10.0. The molecule has 2 saturated heterocycles. The Balaban J connectivity index is 0.816. The van der Waals surface area contributed by atoms with Crippen molar-refractivity contribution in [1.29, 1.82) is 0 Å². The number of hydrogen-bond donors (Lipinski definition) is 7. The maximum atomic E-state index is 14.4. The van der Waals surface area contributed by atoms with Gasteiger partial charge in [0.1, 0.15) is 18.3 Å². The van der Waals surface area contributed by atoms with Crippen LogP contribution in [0.2, 0.25) is 0 Å². The summed E-state index contributed by atoms with van der Waals surface area (Å²) in [5.74, 6) is -1.79. The second kappa shape index (κ2) is 29.9. The lowest BCUT2D eigenvalue weighted by Crippen LogP contribution is -2.50. The van der Waals surface area contributed by atoms with Crippen LogP contribution in [-0.2, 0) is 30.5 Å². The fraction of sp³-hybridized carbons (Fsp3) is 0.453. The molecule has 0 aliphatic carbocycles. The van der Waals surface area contributed by atoms with Crippen molar-refractivity contribution >= 4 is 70.7 Å². The summed E-state index contributed by atoms with van der Waals surface area (Å²) >= 11 is 0. The van der Waals surface area contributed by atoms with E-state index in [9.17, 15) is 58.5 Å². The van der Waals surface area contributed by atoms with Gasteiger partial charge in [0.15, 0.2) is 35.5 Å². The number of aliphatic hydroxyl groups is 2. The smallest absolute Gasteiger partial charge is 0.416 e. The summed E-state index contributed by atoms with van der Waals surface area (Å²) in [6.07, 6.45) is 2.85. The average molecular weight is 1290 g/mol. The van der Waals surface area contributed by atoms with Crippen LogP contribution in [0, 0.1) is 5.92 Å². The van der Waals surface area contributed by atoms with Gasteiger partial charge < -0.3 is 70.5 Å². The minimum absolute atomic E-state index is 0.00893. The maximum Gasteiger partial charge on any atom is 0.416 e. The number of imide groups is 1. The molecule has 0 bridgehead atoms. The van der Waals surface area contributed by atoms with E-state index < -0.39 is 72.6 Å². The van der Waals surface area contributed by atoms with Crippen LogP contribution in [0.5, 0.6) is 23.0 Å². The molecule has 29 nitrogen and oxygen atoms in total. The number of aromatic nitrogens is 3. The first-order chi connectivity index (χ1) is 44.6. The van der Waals surface area contributed by atoms with Gasteiger partial charge >= 0.3 is 18.2 Å². The number of urea groups is 1. The fourth-order valence-electron chi connectivity index (χ4n) is 11.9. The van der Waals surface area contributed by atoms with E-state index in [2.05, 4.69) is 39.4 Å². The van der Waals surface area contributed by atoms with Gasteiger partial charge in [-0.2, -0.15) is 0 Å². The monoisotopic (exact) mass is 1290 g/mol. The standard InChI is InChI=1S/C64H78N12O17/c1-36(2)56(68-53(77)15-9-7-10-23-71-54(78)20-21-55(71)79)43-34-74(70-69-43)44(14-13-22-66-62(65)85)57(80)67-40-18-16-39(17-19-40)35-93-64(88)76-46-31-52(50(90-6)29-42(46)59(82)73-33-38(4)27-48(73)61(76)84)92-25-12-8-11-24-91-51-30-45-41(28-49(51)89-5)58(81)72-32-37(3)26-47(72)60(83)75(45)63(86)87/h16-21,28-31,34,36,44,47-48,56,60-61,83-84H,3-4,7-15,22-27,32-33,35H2,1-2,5-6H3,(H,67,80)(H,68,77)(H,86,87)(H3,65,66,85)/t44?,47-,48-,56?,60-,61-/m0/s1. The number of benzene rings is 3. The Labute approximate surface area is 536 Å². The van der Waals surface area contributed by atoms with Gasteiger partial charge in [0.2, 0.25) is 11.8 Å². The van der Waals surface area contributed by atoms with E-state index >= 15 is 0 Å². The van der Waals surface area contributed by atoms with Crippen LogP contribution >= 0.6 is 0 Å². The number of carbonyl (C=O) groups excluding carboxylic acids is 8. The van der Waals surface area contributed by atoms with Crippen molar-refractivity contribution in [3.8, 4) is 23.0 Å². The molecule has 2 unspecified atom stereocenters. The third-order valence-electron chi connectivity index (χ3n) is 16.7. The van der Waals surface area contributed by atoms with E-state index in [0.717, 1.165) is 14.7 Å². The van der Waals surface area contributed by atoms with E-state index in [4.69, 9.17) is 29.4 Å². The van der Waals surface area contributed by atoms with Gasteiger partial charge in [-0.1, -0.05) is 61.9 Å². The summed E-state index contributed by atoms with van der Waals surface area (Å²) in [7, 11) is 2.79. The first-order valence-corrected chi connectivity index (χ1v) is 30.7. The van der Waals surface area contributed by atoms with Gasteiger partial charge in [0.05, 0.1) is 74.3 Å². The van der Waals surface area contributed by atoms with Gasteiger partial charge in [-0.3, -0.25) is 33.7 Å². The zero-order valence-corrected chi connectivity index (χ0v) is 52.2. The largest absolute Gasteiger partial charge is 0.493 e. The number of rotatable bonds is 28. The Morgan fingerprint density at radius 2 is 1.29 bits per heavy atom. The van der Waals surface area contributed by atoms with Crippen molar-refractivity contribution in [2.75, 3.05) is 68.7 Å². The molecule has 9 rings (SSSR count). The molecule has 6 heterocycles. The second-order valence-corrected chi connectivity index (χ2v) is 23.6. The van der Waals surface area contributed by atoms with Crippen LogP contribution in [-0.4, -0.2) is 177 Å². The Morgan fingerprint density at radius 3 is 1.84 bits per heavy atom. The normalized spacial score (nSPS) is 18.9. The molecule has 3 aromatic carbocycles. The number of carbonyl (C=O) groups is 9. The highest BCUT2D eigenvalue weighted by molar-refractivity contribution is 6.13. The van der Waals surface area contributed by atoms with Crippen LogP contribution in [0.3, 0.4) is 0 Å². The number of primary amides is 1. The van der Waals surface area contributed by atoms with E-state index in [0.29, 0.717) is 73.0 Å². The summed E-state index contributed by atoms with van der Waals surface area (Å²) in [5, 5.41) is 50.5.